The molecule has 5 nitrogen and oxygen atoms in total. The molecule has 1 fully saturated rings. The molecule has 3 N–H and O–H groups in total. The predicted molar refractivity (Wildman–Crippen MR) is 86.1 cm³/mol. The Hall–Kier alpha value is -1.80. The van der Waals surface area contributed by atoms with E-state index in [2.05, 4.69) is 10.1 Å². The summed E-state index contributed by atoms with van der Waals surface area (Å²) >= 11 is 0. The molecule has 1 saturated heterocycles. The summed E-state index contributed by atoms with van der Waals surface area (Å²) in [5, 5.41) is 2.94. The third kappa shape index (κ3) is 5.34. The Labute approximate surface area is 144 Å². The molecular weight excluding hydrogens is 337 g/mol. The van der Waals surface area contributed by atoms with Gasteiger partial charge < -0.3 is 20.5 Å². The van der Waals surface area contributed by atoms with Crippen molar-refractivity contribution in [3.05, 3.63) is 29.8 Å². The minimum absolute atomic E-state index is 0.122. The van der Waals surface area contributed by atoms with Crippen LogP contribution in [0.1, 0.15) is 31.4 Å². The maximum atomic E-state index is 12.6. The molecule has 1 aliphatic rings. The van der Waals surface area contributed by atoms with Gasteiger partial charge in [-0.25, -0.2) is 0 Å². The van der Waals surface area contributed by atoms with E-state index in [1.165, 1.54) is 12.1 Å². The van der Waals surface area contributed by atoms with Crippen molar-refractivity contribution in [1.82, 2.24) is 5.32 Å². The van der Waals surface area contributed by atoms with Crippen molar-refractivity contribution < 1.29 is 27.4 Å². The fourth-order valence-electron chi connectivity index (χ4n) is 2.74. The molecule has 0 spiro atoms. The zero-order valence-electron chi connectivity index (χ0n) is 14.1. The SMILES string of the molecule is CC(NC(=O)C1(CN)CCOCC1)c1ccc(OCC(F)(F)F)cc1. The number of hydrogen-bond acceptors (Lipinski definition) is 4. The number of carbonyl (C=O) groups excluding carboxylic acids is 1. The van der Waals surface area contributed by atoms with Crippen molar-refractivity contribution in [2.24, 2.45) is 11.1 Å². The lowest BCUT2D eigenvalue weighted by Crippen LogP contribution is -2.49. The highest BCUT2D eigenvalue weighted by Gasteiger charge is 2.39. The van der Waals surface area contributed by atoms with E-state index in [4.69, 9.17) is 10.5 Å². The van der Waals surface area contributed by atoms with Crippen LogP contribution < -0.4 is 15.8 Å². The molecule has 0 saturated carbocycles. The maximum absolute atomic E-state index is 12.6. The second-order valence-corrected chi connectivity index (χ2v) is 6.26. The van der Waals surface area contributed by atoms with E-state index in [1.807, 2.05) is 6.92 Å². The van der Waals surface area contributed by atoms with Gasteiger partial charge in [0, 0.05) is 19.8 Å². The van der Waals surface area contributed by atoms with Crippen LogP contribution in [0.2, 0.25) is 0 Å². The highest BCUT2D eigenvalue weighted by Crippen LogP contribution is 2.30. The largest absolute Gasteiger partial charge is 0.484 e. The molecule has 1 aromatic carbocycles. The Morgan fingerprint density at radius 1 is 1.32 bits per heavy atom. The number of alkyl halides is 3. The van der Waals surface area contributed by atoms with Gasteiger partial charge in [0.05, 0.1) is 11.5 Å². The predicted octanol–water partition coefficient (Wildman–Crippen LogP) is 2.56. The zero-order valence-corrected chi connectivity index (χ0v) is 14.1. The Bertz CT molecular complexity index is 569. The maximum Gasteiger partial charge on any atom is 0.422 e. The second kappa shape index (κ2) is 8.05. The first-order valence-electron chi connectivity index (χ1n) is 8.14. The van der Waals surface area contributed by atoms with Crippen LogP contribution in [0.3, 0.4) is 0 Å². The molecule has 1 aromatic rings. The van der Waals surface area contributed by atoms with Crippen LogP contribution >= 0.6 is 0 Å². The summed E-state index contributed by atoms with van der Waals surface area (Å²) < 4.78 is 46.4. The molecule has 1 amide bonds. The lowest BCUT2D eigenvalue weighted by Gasteiger charge is -2.35. The van der Waals surface area contributed by atoms with Gasteiger partial charge in [-0.05, 0) is 37.5 Å². The van der Waals surface area contributed by atoms with Crippen LogP contribution in [0.15, 0.2) is 24.3 Å². The summed E-state index contributed by atoms with van der Waals surface area (Å²) in [5.41, 5.74) is 5.96. The van der Waals surface area contributed by atoms with Gasteiger partial charge in [-0.1, -0.05) is 12.1 Å². The number of benzene rings is 1. The highest BCUT2D eigenvalue weighted by molar-refractivity contribution is 5.83. The first kappa shape index (κ1) is 19.5. The Morgan fingerprint density at radius 2 is 1.92 bits per heavy atom. The molecule has 1 unspecified atom stereocenters. The minimum Gasteiger partial charge on any atom is -0.484 e. The normalized spacial score (nSPS) is 18.4. The van der Waals surface area contributed by atoms with Crippen molar-refractivity contribution in [3.8, 4) is 5.75 Å². The van der Waals surface area contributed by atoms with Gasteiger partial charge in [-0.15, -0.1) is 0 Å². The van der Waals surface area contributed by atoms with Crippen molar-refractivity contribution in [1.29, 1.82) is 0 Å². The van der Waals surface area contributed by atoms with E-state index in [-0.39, 0.29) is 24.2 Å². The van der Waals surface area contributed by atoms with Gasteiger partial charge in [0.15, 0.2) is 6.61 Å². The van der Waals surface area contributed by atoms with Crippen molar-refractivity contribution in [3.63, 3.8) is 0 Å². The van der Waals surface area contributed by atoms with Crippen LogP contribution in [0.5, 0.6) is 5.75 Å². The Morgan fingerprint density at radius 3 is 2.44 bits per heavy atom. The number of carbonyl (C=O) groups is 1. The standard InChI is InChI=1S/C17H23F3N2O3/c1-12(22-15(23)16(10-21)6-8-24-9-7-16)13-2-4-14(5-3-13)25-11-17(18,19)20/h2-5,12H,6-11,21H2,1H3,(H,22,23). The monoisotopic (exact) mass is 360 g/mol. The molecule has 8 heteroatoms. The molecule has 0 bridgehead atoms. The summed E-state index contributed by atoms with van der Waals surface area (Å²) in [6.45, 7) is 1.74. The van der Waals surface area contributed by atoms with E-state index >= 15 is 0 Å². The topological polar surface area (TPSA) is 73.6 Å². The molecule has 140 valence electrons. The van der Waals surface area contributed by atoms with Crippen LogP contribution in [0, 0.1) is 5.41 Å². The number of ether oxygens (including phenoxy) is 2. The van der Waals surface area contributed by atoms with Crippen molar-refractivity contribution in [2.75, 3.05) is 26.4 Å². The molecule has 0 aromatic heterocycles. The van der Waals surface area contributed by atoms with E-state index in [1.54, 1.807) is 12.1 Å². The zero-order chi connectivity index (χ0) is 18.5. The molecule has 25 heavy (non-hydrogen) atoms. The number of nitrogens with two attached hydrogens (primary N) is 1. The summed E-state index contributed by atoms with van der Waals surface area (Å²) in [4.78, 5) is 12.6. The number of rotatable bonds is 6. The lowest BCUT2D eigenvalue weighted by molar-refractivity contribution is -0.153. The Kier molecular flexibility index (Phi) is 6.29. The number of halogens is 3. The molecule has 1 heterocycles. The van der Waals surface area contributed by atoms with Gasteiger partial charge in [0.2, 0.25) is 5.91 Å². The number of amides is 1. The van der Waals surface area contributed by atoms with E-state index in [0.717, 1.165) is 5.56 Å². The van der Waals surface area contributed by atoms with Crippen LogP contribution in [-0.2, 0) is 9.53 Å². The molecule has 2 rings (SSSR count). The lowest BCUT2D eigenvalue weighted by atomic mass is 9.79. The minimum atomic E-state index is -4.37. The van der Waals surface area contributed by atoms with Crippen LogP contribution in [0.25, 0.3) is 0 Å². The second-order valence-electron chi connectivity index (χ2n) is 6.26. The summed E-state index contributed by atoms with van der Waals surface area (Å²) in [5.74, 6) is 0.00524. The Balaban J connectivity index is 1.95. The first-order chi connectivity index (χ1) is 11.8. The fraction of sp³-hybridized carbons (Fsp3) is 0.588. The molecule has 1 atom stereocenters. The fourth-order valence-corrected chi connectivity index (χ4v) is 2.74. The van der Waals surface area contributed by atoms with Gasteiger partial charge >= 0.3 is 6.18 Å². The van der Waals surface area contributed by atoms with Crippen molar-refractivity contribution in [2.45, 2.75) is 32.0 Å². The quantitative estimate of drug-likeness (QED) is 0.818. The van der Waals surface area contributed by atoms with E-state index < -0.39 is 18.2 Å². The van der Waals surface area contributed by atoms with Gasteiger partial charge in [0.25, 0.3) is 0 Å². The summed E-state index contributed by atoms with van der Waals surface area (Å²) in [6, 6.07) is 5.88. The van der Waals surface area contributed by atoms with Crippen LogP contribution in [-0.4, -0.2) is 38.4 Å². The third-order valence-electron chi connectivity index (χ3n) is 4.45. The summed E-state index contributed by atoms with van der Waals surface area (Å²) in [7, 11) is 0. The highest BCUT2D eigenvalue weighted by atomic mass is 19.4. The van der Waals surface area contributed by atoms with E-state index in [0.29, 0.717) is 26.1 Å². The average Bonchev–Trinajstić information content (AvgIpc) is 2.60. The molecule has 0 radical (unpaired) electrons. The number of hydrogen-bond donors (Lipinski definition) is 2. The molecule has 1 aliphatic heterocycles. The van der Waals surface area contributed by atoms with Crippen molar-refractivity contribution >= 4 is 5.91 Å². The smallest absolute Gasteiger partial charge is 0.422 e. The van der Waals surface area contributed by atoms with E-state index in [9.17, 15) is 18.0 Å². The molecular formula is C17H23F3N2O3. The first-order valence-corrected chi connectivity index (χ1v) is 8.14. The van der Waals surface area contributed by atoms with Crippen LogP contribution in [0.4, 0.5) is 13.2 Å². The third-order valence-corrected chi connectivity index (χ3v) is 4.45. The van der Waals surface area contributed by atoms with Gasteiger partial charge in [-0.3, -0.25) is 4.79 Å². The average molecular weight is 360 g/mol. The molecule has 0 aliphatic carbocycles. The summed E-state index contributed by atoms with van der Waals surface area (Å²) in [6.07, 6.45) is -3.22. The number of nitrogens with one attached hydrogen (secondary N) is 1. The van der Waals surface area contributed by atoms with Gasteiger partial charge in [-0.2, -0.15) is 13.2 Å². The van der Waals surface area contributed by atoms with Gasteiger partial charge in [0.1, 0.15) is 5.75 Å².